The Morgan fingerprint density at radius 1 is 1.14 bits per heavy atom. The molecule has 29 heavy (non-hydrogen) atoms. The van der Waals surface area contributed by atoms with Gasteiger partial charge < -0.3 is 19.8 Å². The maximum Gasteiger partial charge on any atom is 0.191 e. The average molecular weight is 507 g/mol. The van der Waals surface area contributed by atoms with Crippen molar-refractivity contribution < 1.29 is 0 Å². The molecule has 1 aliphatic rings. The van der Waals surface area contributed by atoms with Crippen LogP contribution in [0.4, 0.5) is 0 Å². The number of rotatable bonds is 7. The number of aromatic nitrogens is 4. The molecule has 2 N–H and O–H groups in total. The van der Waals surface area contributed by atoms with Gasteiger partial charge in [0.05, 0.1) is 0 Å². The number of guanidine groups is 1. The molecule has 0 atom stereocenters. The van der Waals surface area contributed by atoms with E-state index < -0.39 is 0 Å². The van der Waals surface area contributed by atoms with E-state index in [9.17, 15) is 0 Å². The lowest BCUT2D eigenvalue weighted by Crippen LogP contribution is -2.38. The van der Waals surface area contributed by atoms with Crippen molar-refractivity contribution in [2.75, 3.05) is 13.1 Å². The zero-order valence-electron chi connectivity index (χ0n) is 17.0. The highest BCUT2D eigenvalue weighted by molar-refractivity contribution is 14.0. The SMILES string of the molecule is CCNC(=NCc1nnc2n1CCCC2)NCCCn1ccc2ccccc21.I. The minimum absolute atomic E-state index is 0. The molecule has 2 aromatic heterocycles. The van der Waals surface area contributed by atoms with Gasteiger partial charge in [0.15, 0.2) is 11.8 Å². The number of benzene rings is 1. The van der Waals surface area contributed by atoms with E-state index in [0.29, 0.717) is 6.54 Å². The molecule has 0 fully saturated rings. The lowest BCUT2D eigenvalue weighted by atomic mass is 10.2. The summed E-state index contributed by atoms with van der Waals surface area (Å²) in [7, 11) is 0. The molecule has 0 spiro atoms. The lowest BCUT2D eigenvalue weighted by molar-refractivity contribution is 0.508. The Hall–Kier alpha value is -2.10. The third kappa shape index (κ3) is 5.29. The Balaban J connectivity index is 0.00000240. The third-order valence-corrected chi connectivity index (χ3v) is 5.21. The van der Waals surface area contributed by atoms with Gasteiger partial charge in [-0.05, 0) is 43.7 Å². The van der Waals surface area contributed by atoms with Crippen LogP contribution >= 0.6 is 24.0 Å². The number of fused-ring (bicyclic) bond motifs is 2. The maximum atomic E-state index is 4.71. The lowest BCUT2D eigenvalue weighted by Gasteiger charge is -2.15. The van der Waals surface area contributed by atoms with Crippen molar-refractivity contribution >= 4 is 40.8 Å². The predicted molar refractivity (Wildman–Crippen MR) is 128 cm³/mol. The van der Waals surface area contributed by atoms with Gasteiger partial charge in [-0.2, -0.15) is 0 Å². The zero-order chi connectivity index (χ0) is 19.2. The van der Waals surface area contributed by atoms with Crippen molar-refractivity contribution in [3.05, 3.63) is 48.2 Å². The fourth-order valence-corrected chi connectivity index (χ4v) is 3.77. The standard InChI is InChI=1S/C21H29N7.HI/c1-2-22-21(24-16-20-26-25-19-10-5-6-14-28(19)20)23-12-7-13-27-15-11-17-8-3-4-9-18(17)27;/h3-4,8-9,11,15H,2,5-7,10,12-14,16H2,1H3,(H2,22,23,24);1H. The highest BCUT2D eigenvalue weighted by atomic mass is 127. The van der Waals surface area contributed by atoms with Crippen molar-refractivity contribution in [3.63, 3.8) is 0 Å². The van der Waals surface area contributed by atoms with Crippen LogP contribution < -0.4 is 10.6 Å². The summed E-state index contributed by atoms with van der Waals surface area (Å²) in [5, 5.41) is 16.7. The topological polar surface area (TPSA) is 72.1 Å². The molecule has 7 nitrogen and oxygen atoms in total. The fourth-order valence-electron chi connectivity index (χ4n) is 3.77. The van der Waals surface area contributed by atoms with E-state index in [-0.39, 0.29) is 24.0 Å². The molecular formula is C21H30IN7. The molecular weight excluding hydrogens is 477 g/mol. The molecule has 156 valence electrons. The number of nitrogens with zero attached hydrogens (tertiary/aromatic N) is 5. The summed E-state index contributed by atoms with van der Waals surface area (Å²) in [6.07, 6.45) is 6.64. The van der Waals surface area contributed by atoms with Crippen LogP contribution in [-0.4, -0.2) is 38.4 Å². The molecule has 0 saturated heterocycles. The van der Waals surface area contributed by atoms with Gasteiger partial charge in [0.2, 0.25) is 0 Å². The summed E-state index contributed by atoms with van der Waals surface area (Å²) in [5.74, 6) is 2.91. The molecule has 3 aromatic rings. The Morgan fingerprint density at radius 2 is 2.03 bits per heavy atom. The molecule has 0 radical (unpaired) electrons. The van der Waals surface area contributed by atoms with Gasteiger partial charge in [0.25, 0.3) is 0 Å². The van der Waals surface area contributed by atoms with Gasteiger partial charge in [-0.25, -0.2) is 4.99 Å². The molecule has 0 amide bonds. The first-order chi connectivity index (χ1) is 13.8. The van der Waals surface area contributed by atoms with Crippen LogP contribution in [0.2, 0.25) is 0 Å². The van der Waals surface area contributed by atoms with Gasteiger partial charge in [-0.15, -0.1) is 34.2 Å². The van der Waals surface area contributed by atoms with E-state index in [0.717, 1.165) is 56.6 Å². The van der Waals surface area contributed by atoms with Crippen molar-refractivity contribution in [1.29, 1.82) is 0 Å². The van der Waals surface area contributed by atoms with E-state index in [1.807, 2.05) is 0 Å². The van der Waals surface area contributed by atoms with E-state index in [1.165, 1.54) is 23.7 Å². The number of aryl methyl sites for hydroxylation is 2. The first kappa shape index (κ1) is 21.6. The first-order valence-corrected chi connectivity index (χ1v) is 10.3. The molecule has 4 rings (SSSR count). The first-order valence-electron chi connectivity index (χ1n) is 10.3. The third-order valence-electron chi connectivity index (χ3n) is 5.21. The van der Waals surface area contributed by atoms with Crippen LogP contribution in [0.5, 0.6) is 0 Å². The summed E-state index contributed by atoms with van der Waals surface area (Å²) in [4.78, 5) is 4.71. The molecule has 0 saturated carbocycles. The quantitative estimate of drug-likeness (QED) is 0.223. The Morgan fingerprint density at radius 3 is 2.93 bits per heavy atom. The minimum atomic E-state index is 0. The zero-order valence-corrected chi connectivity index (χ0v) is 19.3. The molecule has 1 aromatic carbocycles. The molecule has 0 unspecified atom stereocenters. The van der Waals surface area contributed by atoms with Crippen LogP contribution in [0, 0.1) is 0 Å². The van der Waals surface area contributed by atoms with E-state index in [2.05, 4.69) is 73.4 Å². The number of hydrogen-bond acceptors (Lipinski definition) is 3. The van der Waals surface area contributed by atoms with Gasteiger partial charge >= 0.3 is 0 Å². The van der Waals surface area contributed by atoms with Gasteiger partial charge in [0.1, 0.15) is 12.4 Å². The molecule has 0 bridgehead atoms. The molecule has 8 heteroatoms. The van der Waals surface area contributed by atoms with Gasteiger partial charge in [0, 0.05) is 44.3 Å². The second-order valence-electron chi connectivity index (χ2n) is 7.18. The number of para-hydroxylation sites is 1. The van der Waals surface area contributed by atoms with Crippen LogP contribution in [0.1, 0.15) is 37.8 Å². The summed E-state index contributed by atoms with van der Waals surface area (Å²) < 4.78 is 4.54. The summed E-state index contributed by atoms with van der Waals surface area (Å²) >= 11 is 0. The monoisotopic (exact) mass is 507 g/mol. The number of aliphatic imine (C=N–C) groups is 1. The van der Waals surface area contributed by atoms with E-state index in [1.54, 1.807) is 0 Å². The normalized spacial score (nSPS) is 13.8. The highest BCUT2D eigenvalue weighted by Gasteiger charge is 2.15. The summed E-state index contributed by atoms with van der Waals surface area (Å²) in [5.41, 5.74) is 1.29. The van der Waals surface area contributed by atoms with Crippen molar-refractivity contribution in [1.82, 2.24) is 30.0 Å². The Kier molecular flexibility index (Phi) is 7.91. The van der Waals surface area contributed by atoms with Crippen LogP contribution in [0.3, 0.4) is 0 Å². The van der Waals surface area contributed by atoms with Crippen LogP contribution in [-0.2, 0) is 26.1 Å². The summed E-state index contributed by atoms with van der Waals surface area (Å²) in [6, 6.07) is 10.7. The largest absolute Gasteiger partial charge is 0.357 e. The van der Waals surface area contributed by atoms with Crippen LogP contribution in [0.15, 0.2) is 41.5 Å². The minimum Gasteiger partial charge on any atom is -0.357 e. The van der Waals surface area contributed by atoms with Gasteiger partial charge in [-0.3, -0.25) is 0 Å². The molecule has 0 aliphatic carbocycles. The van der Waals surface area contributed by atoms with Crippen molar-refractivity contribution in [2.45, 2.75) is 52.2 Å². The van der Waals surface area contributed by atoms with Crippen LogP contribution in [0.25, 0.3) is 10.9 Å². The Bertz CT molecular complexity index is 944. The number of halogens is 1. The second kappa shape index (κ2) is 10.6. The van der Waals surface area contributed by atoms with E-state index in [4.69, 9.17) is 4.99 Å². The van der Waals surface area contributed by atoms with E-state index >= 15 is 0 Å². The van der Waals surface area contributed by atoms with Crippen molar-refractivity contribution in [2.24, 2.45) is 4.99 Å². The predicted octanol–water partition coefficient (Wildman–Crippen LogP) is 3.33. The van der Waals surface area contributed by atoms with Gasteiger partial charge in [-0.1, -0.05) is 18.2 Å². The Labute approximate surface area is 189 Å². The molecule has 3 heterocycles. The fraction of sp³-hybridized carbons (Fsp3) is 0.476. The second-order valence-corrected chi connectivity index (χ2v) is 7.18. The van der Waals surface area contributed by atoms with Crippen molar-refractivity contribution in [3.8, 4) is 0 Å². The molecule has 1 aliphatic heterocycles. The summed E-state index contributed by atoms with van der Waals surface area (Å²) in [6.45, 7) is 6.36. The highest BCUT2D eigenvalue weighted by Crippen LogP contribution is 2.16. The number of nitrogens with one attached hydrogen (secondary N) is 2. The smallest absolute Gasteiger partial charge is 0.191 e. The number of hydrogen-bond donors (Lipinski definition) is 2. The average Bonchev–Trinajstić information content (AvgIpc) is 3.33. The maximum absolute atomic E-state index is 4.71.